The van der Waals surface area contributed by atoms with E-state index in [0.717, 1.165) is 12.8 Å². The van der Waals surface area contributed by atoms with E-state index in [0.29, 0.717) is 0 Å². The minimum Gasteiger partial charge on any atom is -0.461 e. The van der Waals surface area contributed by atoms with Gasteiger partial charge >= 0.3 is 5.97 Å². The Labute approximate surface area is 60.5 Å². The molecule has 3 heteroatoms. The molecular weight excluding hydrogens is 130 g/mol. The van der Waals surface area contributed by atoms with Crippen molar-refractivity contribution in [1.82, 2.24) is 0 Å². The van der Waals surface area contributed by atoms with E-state index < -0.39 is 6.04 Å². The first kappa shape index (κ1) is 7.54. The number of nitrogens with two attached hydrogens (primary N) is 1. The van der Waals surface area contributed by atoms with E-state index in [2.05, 4.69) is 0 Å². The predicted molar refractivity (Wildman–Crippen MR) is 37.4 cm³/mol. The SMILES string of the molecule is CC(N)C(=O)OC1CCC1. The first-order valence-corrected chi connectivity index (χ1v) is 3.66. The highest BCUT2D eigenvalue weighted by Crippen LogP contribution is 2.21. The maximum Gasteiger partial charge on any atom is 0.322 e. The van der Waals surface area contributed by atoms with Gasteiger partial charge in [0.2, 0.25) is 0 Å². The summed E-state index contributed by atoms with van der Waals surface area (Å²) in [5.74, 6) is -0.273. The Bertz CT molecular complexity index is 130. The zero-order valence-corrected chi connectivity index (χ0v) is 6.17. The molecule has 1 unspecified atom stereocenters. The summed E-state index contributed by atoms with van der Waals surface area (Å²) in [7, 11) is 0. The van der Waals surface area contributed by atoms with Crippen LogP contribution >= 0.6 is 0 Å². The molecule has 0 heterocycles. The van der Waals surface area contributed by atoms with Gasteiger partial charge in [0.15, 0.2) is 0 Å². The Morgan fingerprint density at radius 2 is 2.30 bits per heavy atom. The molecule has 58 valence electrons. The number of carbonyl (C=O) groups is 1. The fourth-order valence-electron chi connectivity index (χ4n) is 0.760. The van der Waals surface area contributed by atoms with E-state index in [9.17, 15) is 4.79 Å². The van der Waals surface area contributed by atoms with Crippen LogP contribution in [0.2, 0.25) is 0 Å². The molecule has 1 aliphatic carbocycles. The van der Waals surface area contributed by atoms with E-state index in [1.807, 2.05) is 0 Å². The molecule has 10 heavy (non-hydrogen) atoms. The number of hydrogen-bond acceptors (Lipinski definition) is 3. The lowest BCUT2D eigenvalue weighted by Gasteiger charge is -2.25. The minimum absolute atomic E-state index is 0.165. The van der Waals surface area contributed by atoms with Gasteiger partial charge in [0.1, 0.15) is 12.1 Å². The molecule has 2 N–H and O–H groups in total. The number of esters is 1. The quantitative estimate of drug-likeness (QED) is 0.570. The molecule has 1 aliphatic rings. The van der Waals surface area contributed by atoms with Gasteiger partial charge in [-0.25, -0.2) is 0 Å². The van der Waals surface area contributed by atoms with Crippen LogP contribution in [0.3, 0.4) is 0 Å². The standard InChI is InChI=1S/C7H13NO2/c1-5(8)7(9)10-6-3-2-4-6/h5-6H,2-4,8H2,1H3. The molecule has 0 bridgehead atoms. The summed E-state index contributed by atoms with van der Waals surface area (Å²) < 4.78 is 4.98. The van der Waals surface area contributed by atoms with Crippen LogP contribution in [0.1, 0.15) is 26.2 Å². The van der Waals surface area contributed by atoms with E-state index in [1.165, 1.54) is 6.42 Å². The molecule has 0 spiro atoms. The molecule has 1 fully saturated rings. The lowest BCUT2D eigenvalue weighted by atomic mass is 9.96. The third-order valence-corrected chi connectivity index (χ3v) is 1.71. The molecule has 3 nitrogen and oxygen atoms in total. The van der Waals surface area contributed by atoms with Crippen LogP contribution in [-0.2, 0) is 9.53 Å². The van der Waals surface area contributed by atoms with Crippen molar-refractivity contribution < 1.29 is 9.53 Å². The zero-order chi connectivity index (χ0) is 7.56. The van der Waals surface area contributed by atoms with Crippen molar-refractivity contribution in [3.63, 3.8) is 0 Å². The van der Waals surface area contributed by atoms with Gasteiger partial charge in [0, 0.05) is 0 Å². The second kappa shape index (κ2) is 3.01. The normalized spacial score (nSPS) is 21.4. The van der Waals surface area contributed by atoms with Gasteiger partial charge in [0.05, 0.1) is 0 Å². The van der Waals surface area contributed by atoms with Crippen molar-refractivity contribution in [2.75, 3.05) is 0 Å². The smallest absolute Gasteiger partial charge is 0.322 e. The van der Waals surface area contributed by atoms with Crippen molar-refractivity contribution in [3.05, 3.63) is 0 Å². The number of hydrogen-bond donors (Lipinski definition) is 1. The summed E-state index contributed by atoms with van der Waals surface area (Å²) in [5.41, 5.74) is 5.29. The predicted octanol–water partition coefficient (Wildman–Crippen LogP) is 0.429. The Kier molecular flexibility index (Phi) is 2.27. The maximum absolute atomic E-state index is 10.8. The summed E-state index contributed by atoms with van der Waals surface area (Å²) in [6.45, 7) is 1.64. The fraction of sp³-hybridized carbons (Fsp3) is 0.857. The second-order valence-electron chi connectivity index (χ2n) is 2.78. The molecule has 0 saturated heterocycles. The molecule has 1 rings (SSSR count). The summed E-state index contributed by atoms with van der Waals surface area (Å²) in [6.07, 6.45) is 3.37. The van der Waals surface area contributed by atoms with Crippen LogP contribution in [0.25, 0.3) is 0 Å². The van der Waals surface area contributed by atoms with Gasteiger partial charge < -0.3 is 10.5 Å². The van der Waals surface area contributed by atoms with E-state index in [-0.39, 0.29) is 12.1 Å². The van der Waals surface area contributed by atoms with Crippen molar-refractivity contribution in [2.24, 2.45) is 5.73 Å². The van der Waals surface area contributed by atoms with Crippen LogP contribution in [-0.4, -0.2) is 18.1 Å². The second-order valence-corrected chi connectivity index (χ2v) is 2.78. The summed E-state index contributed by atoms with van der Waals surface area (Å²) in [4.78, 5) is 10.8. The van der Waals surface area contributed by atoms with Crippen molar-refractivity contribution >= 4 is 5.97 Å². The van der Waals surface area contributed by atoms with Crippen molar-refractivity contribution in [2.45, 2.75) is 38.3 Å². The largest absolute Gasteiger partial charge is 0.461 e. The molecule has 0 radical (unpaired) electrons. The fourth-order valence-corrected chi connectivity index (χ4v) is 0.760. The first-order chi connectivity index (χ1) is 4.70. The maximum atomic E-state index is 10.8. The first-order valence-electron chi connectivity index (χ1n) is 3.66. The van der Waals surface area contributed by atoms with Crippen LogP contribution in [0, 0.1) is 0 Å². The van der Waals surface area contributed by atoms with Gasteiger partial charge in [-0.05, 0) is 26.2 Å². The average molecular weight is 143 g/mol. The third-order valence-electron chi connectivity index (χ3n) is 1.71. The van der Waals surface area contributed by atoms with Crippen LogP contribution < -0.4 is 5.73 Å². The molecule has 0 aromatic rings. The Morgan fingerprint density at radius 3 is 2.60 bits per heavy atom. The van der Waals surface area contributed by atoms with Crippen LogP contribution in [0.4, 0.5) is 0 Å². The molecule has 1 saturated carbocycles. The number of ether oxygens (including phenoxy) is 1. The average Bonchev–Trinajstić information content (AvgIpc) is 1.77. The molecule has 0 aromatic heterocycles. The van der Waals surface area contributed by atoms with E-state index >= 15 is 0 Å². The molecular formula is C7H13NO2. The molecule has 1 atom stereocenters. The van der Waals surface area contributed by atoms with Crippen molar-refractivity contribution in [1.29, 1.82) is 0 Å². The van der Waals surface area contributed by atoms with E-state index in [1.54, 1.807) is 6.92 Å². The van der Waals surface area contributed by atoms with E-state index in [4.69, 9.17) is 10.5 Å². The molecule has 0 aromatic carbocycles. The topological polar surface area (TPSA) is 52.3 Å². The van der Waals surface area contributed by atoms with Gasteiger partial charge in [0.25, 0.3) is 0 Å². The van der Waals surface area contributed by atoms with Crippen LogP contribution in [0.5, 0.6) is 0 Å². The Morgan fingerprint density at radius 1 is 1.70 bits per heavy atom. The summed E-state index contributed by atoms with van der Waals surface area (Å²) >= 11 is 0. The zero-order valence-electron chi connectivity index (χ0n) is 6.17. The third kappa shape index (κ3) is 1.70. The number of carbonyl (C=O) groups excluding carboxylic acids is 1. The Hall–Kier alpha value is -0.570. The monoisotopic (exact) mass is 143 g/mol. The highest BCUT2D eigenvalue weighted by atomic mass is 16.5. The van der Waals surface area contributed by atoms with Gasteiger partial charge in [-0.1, -0.05) is 0 Å². The van der Waals surface area contributed by atoms with Gasteiger partial charge in [-0.2, -0.15) is 0 Å². The molecule has 0 amide bonds. The van der Waals surface area contributed by atoms with Crippen molar-refractivity contribution in [3.8, 4) is 0 Å². The minimum atomic E-state index is -0.472. The van der Waals surface area contributed by atoms with Gasteiger partial charge in [-0.3, -0.25) is 4.79 Å². The highest BCUT2D eigenvalue weighted by Gasteiger charge is 2.22. The summed E-state index contributed by atoms with van der Waals surface area (Å²) in [6, 6.07) is -0.472. The lowest BCUT2D eigenvalue weighted by Crippen LogP contribution is -2.34. The Balaban J connectivity index is 2.17. The number of rotatable bonds is 2. The van der Waals surface area contributed by atoms with Crippen LogP contribution in [0.15, 0.2) is 0 Å². The molecule has 0 aliphatic heterocycles. The van der Waals surface area contributed by atoms with Gasteiger partial charge in [-0.15, -0.1) is 0 Å². The lowest BCUT2D eigenvalue weighted by molar-refractivity contribution is -0.154. The highest BCUT2D eigenvalue weighted by molar-refractivity contribution is 5.75. The summed E-state index contributed by atoms with van der Waals surface area (Å²) in [5, 5.41) is 0.